The largest absolute Gasteiger partial charge is 0.496 e. The SMILES string of the molecule is CCc1nc2c(C)cc(C)nc2n1-c1ccc(CCN=[N+]=[N-])c(OC)c1. The molecule has 0 aliphatic carbocycles. The number of imidazole rings is 1. The first kappa shape index (κ1) is 17.8. The molecule has 0 radical (unpaired) electrons. The van der Waals surface area contributed by atoms with Crippen LogP contribution in [0.1, 0.15) is 29.6 Å². The van der Waals surface area contributed by atoms with Gasteiger partial charge in [0.05, 0.1) is 12.8 Å². The predicted octanol–water partition coefficient (Wildman–Crippen LogP) is 4.46. The Morgan fingerprint density at radius 1 is 1.23 bits per heavy atom. The Morgan fingerprint density at radius 2 is 2.04 bits per heavy atom. The zero-order valence-electron chi connectivity index (χ0n) is 15.5. The first-order valence-corrected chi connectivity index (χ1v) is 8.62. The van der Waals surface area contributed by atoms with E-state index in [2.05, 4.69) is 34.5 Å². The predicted molar refractivity (Wildman–Crippen MR) is 102 cm³/mol. The minimum Gasteiger partial charge on any atom is -0.496 e. The van der Waals surface area contributed by atoms with Crippen LogP contribution >= 0.6 is 0 Å². The quantitative estimate of drug-likeness (QED) is 0.373. The van der Waals surface area contributed by atoms with Crippen LogP contribution in [0.25, 0.3) is 27.3 Å². The van der Waals surface area contributed by atoms with E-state index in [1.54, 1.807) is 7.11 Å². The summed E-state index contributed by atoms with van der Waals surface area (Å²) in [7, 11) is 1.65. The number of ether oxygens (including phenoxy) is 1. The van der Waals surface area contributed by atoms with Gasteiger partial charge in [0.1, 0.15) is 17.1 Å². The Morgan fingerprint density at radius 3 is 2.73 bits per heavy atom. The van der Waals surface area contributed by atoms with Gasteiger partial charge in [-0.1, -0.05) is 18.1 Å². The van der Waals surface area contributed by atoms with E-state index < -0.39 is 0 Å². The molecule has 0 bridgehead atoms. The number of aromatic nitrogens is 3. The molecular formula is C19H22N6O. The summed E-state index contributed by atoms with van der Waals surface area (Å²) in [6.07, 6.45) is 1.44. The van der Waals surface area contributed by atoms with Gasteiger partial charge in [-0.2, -0.15) is 0 Å². The summed E-state index contributed by atoms with van der Waals surface area (Å²) < 4.78 is 7.65. The molecule has 0 unspecified atom stereocenters. The van der Waals surface area contributed by atoms with Crippen LogP contribution in [0.15, 0.2) is 29.4 Å². The molecule has 1 aromatic carbocycles. The van der Waals surface area contributed by atoms with Crippen molar-refractivity contribution in [3.8, 4) is 11.4 Å². The van der Waals surface area contributed by atoms with Gasteiger partial charge in [0.2, 0.25) is 0 Å². The molecule has 0 fully saturated rings. The Kier molecular flexibility index (Phi) is 5.09. The minimum atomic E-state index is 0.403. The van der Waals surface area contributed by atoms with E-state index in [9.17, 15) is 0 Å². The highest BCUT2D eigenvalue weighted by molar-refractivity contribution is 5.78. The van der Waals surface area contributed by atoms with E-state index in [1.165, 1.54) is 0 Å². The first-order chi connectivity index (χ1) is 12.6. The Bertz CT molecular complexity index is 1000. The van der Waals surface area contributed by atoms with Crippen molar-refractivity contribution in [2.45, 2.75) is 33.6 Å². The van der Waals surface area contributed by atoms with Crippen LogP contribution < -0.4 is 4.74 Å². The lowest BCUT2D eigenvalue weighted by atomic mass is 10.1. The van der Waals surface area contributed by atoms with E-state index in [4.69, 9.17) is 20.2 Å². The maximum Gasteiger partial charge on any atom is 0.165 e. The molecule has 3 aromatic rings. The highest BCUT2D eigenvalue weighted by Gasteiger charge is 2.16. The second-order valence-corrected chi connectivity index (χ2v) is 6.17. The van der Waals surface area contributed by atoms with Gasteiger partial charge in [-0.25, -0.2) is 9.97 Å². The van der Waals surface area contributed by atoms with Crippen LogP contribution in [0.3, 0.4) is 0 Å². The number of hydrogen-bond acceptors (Lipinski definition) is 4. The molecule has 0 saturated heterocycles. The van der Waals surface area contributed by atoms with Crippen LogP contribution in [0.4, 0.5) is 0 Å². The van der Waals surface area contributed by atoms with E-state index >= 15 is 0 Å². The molecule has 2 heterocycles. The number of methoxy groups -OCH3 is 1. The monoisotopic (exact) mass is 350 g/mol. The van der Waals surface area contributed by atoms with Crippen LogP contribution in [0.2, 0.25) is 0 Å². The van der Waals surface area contributed by atoms with Gasteiger partial charge in [-0.3, -0.25) is 4.57 Å². The van der Waals surface area contributed by atoms with E-state index in [1.807, 2.05) is 25.1 Å². The molecule has 2 aromatic heterocycles. The minimum absolute atomic E-state index is 0.403. The van der Waals surface area contributed by atoms with Crippen molar-refractivity contribution in [1.29, 1.82) is 0 Å². The normalized spacial score (nSPS) is 10.8. The Labute approximate surface area is 152 Å². The van der Waals surface area contributed by atoms with Crippen LogP contribution in [0, 0.1) is 13.8 Å². The summed E-state index contributed by atoms with van der Waals surface area (Å²) in [5, 5.41) is 3.60. The smallest absolute Gasteiger partial charge is 0.165 e. The molecule has 0 aliphatic heterocycles. The molecule has 0 aliphatic rings. The van der Waals surface area contributed by atoms with Gasteiger partial charge >= 0.3 is 0 Å². The van der Waals surface area contributed by atoms with Crippen molar-refractivity contribution in [1.82, 2.24) is 14.5 Å². The fraction of sp³-hybridized carbons (Fsp3) is 0.368. The van der Waals surface area contributed by atoms with Gasteiger partial charge in [0.25, 0.3) is 0 Å². The maximum absolute atomic E-state index is 8.45. The van der Waals surface area contributed by atoms with Gasteiger partial charge in [0, 0.05) is 29.6 Å². The summed E-state index contributed by atoms with van der Waals surface area (Å²) in [6.45, 7) is 6.55. The second kappa shape index (κ2) is 7.45. The number of fused-ring (bicyclic) bond motifs is 1. The number of benzene rings is 1. The zero-order valence-corrected chi connectivity index (χ0v) is 15.5. The summed E-state index contributed by atoms with van der Waals surface area (Å²) in [5.74, 6) is 1.73. The summed E-state index contributed by atoms with van der Waals surface area (Å²) >= 11 is 0. The van der Waals surface area contributed by atoms with Crippen LogP contribution in [-0.2, 0) is 12.8 Å². The molecule has 0 amide bonds. The van der Waals surface area contributed by atoms with E-state index in [0.717, 1.165) is 51.7 Å². The third-order valence-electron chi connectivity index (χ3n) is 4.39. The molecular weight excluding hydrogens is 328 g/mol. The summed E-state index contributed by atoms with van der Waals surface area (Å²) in [5.41, 5.74) is 14.3. The standard InChI is InChI=1S/C19H22N6O/c1-5-17-23-18-12(2)10-13(3)22-19(18)25(17)15-7-6-14(8-9-21-24-20)16(11-15)26-4/h6-7,10-11H,5,8-9H2,1-4H3. The third kappa shape index (κ3) is 3.21. The maximum atomic E-state index is 8.45. The second-order valence-electron chi connectivity index (χ2n) is 6.17. The number of pyridine rings is 1. The van der Waals surface area contributed by atoms with Crippen molar-refractivity contribution in [3.05, 3.63) is 57.4 Å². The molecule has 3 rings (SSSR count). The Hall–Kier alpha value is -3.05. The van der Waals surface area contributed by atoms with Crippen molar-refractivity contribution >= 4 is 11.2 Å². The lowest BCUT2D eigenvalue weighted by Gasteiger charge is -2.13. The fourth-order valence-electron chi connectivity index (χ4n) is 3.21. The van der Waals surface area contributed by atoms with Crippen molar-refractivity contribution in [2.24, 2.45) is 5.11 Å². The first-order valence-electron chi connectivity index (χ1n) is 8.62. The average Bonchev–Trinajstić information content (AvgIpc) is 3.01. The molecule has 0 N–H and O–H groups in total. The molecule has 7 nitrogen and oxygen atoms in total. The van der Waals surface area contributed by atoms with Gasteiger partial charge < -0.3 is 4.74 Å². The van der Waals surface area contributed by atoms with E-state index in [-0.39, 0.29) is 0 Å². The lowest BCUT2D eigenvalue weighted by molar-refractivity contribution is 0.409. The molecule has 26 heavy (non-hydrogen) atoms. The topological polar surface area (TPSA) is 88.7 Å². The number of azide groups is 1. The average molecular weight is 350 g/mol. The summed E-state index contributed by atoms with van der Waals surface area (Å²) in [4.78, 5) is 12.3. The van der Waals surface area contributed by atoms with Gasteiger partial charge in [-0.05, 0) is 49.1 Å². The number of rotatable bonds is 6. The number of nitrogens with zero attached hydrogens (tertiary/aromatic N) is 6. The molecule has 0 spiro atoms. The fourth-order valence-corrected chi connectivity index (χ4v) is 3.21. The van der Waals surface area contributed by atoms with Crippen molar-refractivity contribution in [2.75, 3.05) is 13.7 Å². The number of hydrogen-bond donors (Lipinski definition) is 0. The highest BCUT2D eigenvalue weighted by Crippen LogP contribution is 2.28. The summed E-state index contributed by atoms with van der Waals surface area (Å²) in [6, 6.07) is 8.09. The zero-order chi connectivity index (χ0) is 18.7. The van der Waals surface area contributed by atoms with Gasteiger partial charge in [-0.15, -0.1) is 0 Å². The molecule has 0 atom stereocenters. The van der Waals surface area contributed by atoms with E-state index in [0.29, 0.717) is 13.0 Å². The molecule has 134 valence electrons. The van der Waals surface area contributed by atoms with Crippen LogP contribution in [-0.4, -0.2) is 28.2 Å². The highest BCUT2D eigenvalue weighted by atomic mass is 16.5. The Balaban J connectivity index is 2.15. The molecule has 0 saturated carbocycles. The number of aryl methyl sites for hydroxylation is 3. The van der Waals surface area contributed by atoms with Crippen LogP contribution in [0.5, 0.6) is 5.75 Å². The van der Waals surface area contributed by atoms with Gasteiger partial charge in [0.15, 0.2) is 5.65 Å². The van der Waals surface area contributed by atoms with Crippen molar-refractivity contribution < 1.29 is 4.74 Å². The molecule has 7 heteroatoms. The lowest BCUT2D eigenvalue weighted by Crippen LogP contribution is -2.03. The third-order valence-corrected chi connectivity index (χ3v) is 4.39. The van der Waals surface area contributed by atoms with Crippen molar-refractivity contribution in [3.63, 3.8) is 0 Å².